The fourth-order valence-corrected chi connectivity index (χ4v) is 5.65. The highest BCUT2D eigenvalue weighted by molar-refractivity contribution is 5.99. The van der Waals surface area contributed by atoms with E-state index < -0.39 is 35.2 Å². The molecule has 238 valence electrons. The largest absolute Gasteiger partial charge is 0.493 e. The van der Waals surface area contributed by atoms with Crippen LogP contribution in [0, 0.1) is 11.7 Å². The summed E-state index contributed by atoms with van der Waals surface area (Å²) in [6.45, 7) is 5.67. The number of carbonyl (C=O) groups excluding carboxylic acids is 4. The van der Waals surface area contributed by atoms with Crippen LogP contribution in [-0.2, 0) is 24.5 Å². The molecule has 1 unspecified atom stereocenters. The fraction of sp³-hybridized carbons (Fsp3) is 0.515. The number of carbonyl (C=O) groups is 4. The summed E-state index contributed by atoms with van der Waals surface area (Å²) in [6.07, 6.45) is 2.02. The minimum atomic E-state index is -1.06. The SMILES string of the molecule is CC(C)CC1NC(=O)CC[C@@H](C(=O)NCC2(c3cccc(F)c3)CCOCC2)NC(=O)c2ccccc2OCCCNC1=O. The van der Waals surface area contributed by atoms with Gasteiger partial charge in [-0.15, -0.1) is 0 Å². The molecule has 2 atom stereocenters. The molecule has 0 aromatic heterocycles. The summed E-state index contributed by atoms with van der Waals surface area (Å²) in [5, 5.41) is 11.4. The van der Waals surface area contributed by atoms with Gasteiger partial charge in [-0.25, -0.2) is 4.39 Å². The lowest BCUT2D eigenvalue weighted by atomic mass is 9.74. The Hall–Kier alpha value is -3.99. The van der Waals surface area contributed by atoms with Gasteiger partial charge in [0.05, 0.1) is 12.2 Å². The smallest absolute Gasteiger partial charge is 0.255 e. The van der Waals surface area contributed by atoms with Crippen molar-refractivity contribution < 1.29 is 33.0 Å². The molecule has 0 aliphatic carbocycles. The first-order valence-corrected chi connectivity index (χ1v) is 15.4. The van der Waals surface area contributed by atoms with E-state index in [2.05, 4.69) is 21.3 Å². The number of benzene rings is 2. The van der Waals surface area contributed by atoms with Crippen molar-refractivity contribution in [1.82, 2.24) is 21.3 Å². The highest BCUT2D eigenvalue weighted by Gasteiger charge is 2.36. The van der Waals surface area contributed by atoms with Gasteiger partial charge in [0.2, 0.25) is 17.7 Å². The molecule has 1 fully saturated rings. The summed E-state index contributed by atoms with van der Waals surface area (Å²) in [4.78, 5) is 53.1. The van der Waals surface area contributed by atoms with Crippen LogP contribution >= 0.6 is 0 Å². The number of hydrogen-bond acceptors (Lipinski definition) is 6. The number of fused-ring (bicyclic) bond motifs is 1. The normalized spacial score (nSPS) is 21.7. The Kier molecular flexibility index (Phi) is 11.7. The average molecular weight is 611 g/mol. The standard InChI is InChI=1S/C33H43FN4O6/c1-22(2)19-27-32(42)35-15-6-16-44-28-10-4-3-9-25(28)30(40)38-26(11-12-29(39)37-27)31(41)36-21-33(13-17-43-18-14-33)23-7-5-8-24(34)20-23/h3-5,7-10,20,22,26-27H,6,11-19,21H2,1-2H3,(H,35,42)(H,36,41)(H,37,39)(H,38,40)/t26-,27?/m0/s1. The van der Waals surface area contributed by atoms with Crippen molar-refractivity contribution in [3.8, 4) is 5.75 Å². The predicted molar refractivity (Wildman–Crippen MR) is 163 cm³/mol. The molecule has 1 saturated heterocycles. The number of rotatable bonds is 6. The number of halogens is 1. The lowest BCUT2D eigenvalue weighted by molar-refractivity contribution is -0.130. The maximum Gasteiger partial charge on any atom is 0.255 e. The third-order valence-corrected chi connectivity index (χ3v) is 8.14. The van der Waals surface area contributed by atoms with Crippen LogP contribution in [0.3, 0.4) is 0 Å². The van der Waals surface area contributed by atoms with E-state index in [1.807, 2.05) is 19.9 Å². The van der Waals surface area contributed by atoms with Gasteiger partial charge < -0.3 is 30.7 Å². The second-order valence-corrected chi connectivity index (χ2v) is 11.9. The van der Waals surface area contributed by atoms with Crippen LogP contribution in [0.4, 0.5) is 4.39 Å². The van der Waals surface area contributed by atoms with Gasteiger partial charge in [-0.2, -0.15) is 0 Å². The van der Waals surface area contributed by atoms with Crippen LogP contribution in [0.25, 0.3) is 0 Å². The summed E-state index contributed by atoms with van der Waals surface area (Å²) < 4.78 is 25.6. The van der Waals surface area contributed by atoms with E-state index in [9.17, 15) is 23.6 Å². The van der Waals surface area contributed by atoms with Gasteiger partial charge in [-0.1, -0.05) is 38.1 Å². The molecule has 0 bridgehead atoms. The minimum Gasteiger partial charge on any atom is -0.493 e. The molecule has 44 heavy (non-hydrogen) atoms. The lowest BCUT2D eigenvalue weighted by Crippen LogP contribution is -2.52. The van der Waals surface area contributed by atoms with Crippen molar-refractivity contribution in [2.75, 3.05) is 32.9 Å². The highest BCUT2D eigenvalue weighted by Crippen LogP contribution is 2.34. The Balaban J connectivity index is 1.56. The van der Waals surface area contributed by atoms with E-state index in [1.165, 1.54) is 12.1 Å². The van der Waals surface area contributed by atoms with Crippen molar-refractivity contribution >= 4 is 23.6 Å². The van der Waals surface area contributed by atoms with Crippen molar-refractivity contribution in [1.29, 1.82) is 0 Å². The first-order chi connectivity index (χ1) is 21.2. The molecule has 10 nitrogen and oxygen atoms in total. The first kappa shape index (κ1) is 32.9. The van der Waals surface area contributed by atoms with Gasteiger partial charge >= 0.3 is 0 Å². The maximum absolute atomic E-state index is 14.2. The molecule has 2 aromatic rings. The zero-order chi connectivity index (χ0) is 31.5. The average Bonchev–Trinajstić information content (AvgIpc) is 3.01. The molecule has 11 heteroatoms. The lowest BCUT2D eigenvalue weighted by Gasteiger charge is -2.38. The number of ether oxygens (including phenoxy) is 2. The van der Waals surface area contributed by atoms with Crippen LogP contribution < -0.4 is 26.0 Å². The van der Waals surface area contributed by atoms with Crippen LogP contribution in [0.2, 0.25) is 0 Å². The molecule has 0 spiro atoms. The van der Waals surface area contributed by atoms with Crippen LogP contribution in [0.5, 0.6) is 5.75 Å². The number of amides is 4. The molecule has 0 radical (unpaired) electrons. The van der Waals surface area contributed by atoms with Gasteiger partial charge in [0.25, 0.3) is 5.91 Å². The predicted octanol–water partition coefficient (Wildman–Crippen LogP) is 3.00. The monoisotopic (exact) mass is 610 g/mol. The van der Waals surface area contributed by atoms with E-state index in [-0.39, 0.29) is 49.2 Å². The summed E-state index contributed by atoms with van der Waals surface area (Å²) in [6, 6.07) is 11.3. The van der Waals surface area contributed by atoms with Crippen LogP contribution in [0.15, 0.2) is 48.5 Å². The van der Waals surface area contributed by atoms with Crippen LogP contribution in [-0.4, -0.2) is 68.6 Å². The fourth-order valence-electron chi connectivity index (χ4n) is 5.65. The van der Waals surface area contributed by atoms with Gasteiger partial charge in [0, 0.05) is 38.1 Å². The van der Waals surface area contributed by atoms with Crippen LogP contribution in [0.1, 0.15) is 68.3 Å². The van der Waals surface area contributed by atoms with Crippen molar-refractivity contribution in [2.45, 2.75) is 69.9 Å². The quantitative estimate of drug-likeness (QED) is 0.397. The third-order valence-electron chi connectivity index (χ3n) is 8.14. The number of nitrogens with one attached hydrogen (secondary N) is 4. The molecule has 2 aromatic carbocycles. The molecular weight excluding hydrogens is 567 g/mol. The first-order valence-electron chi connectivity index (χ1n) is 15.4. The molecule has 4 rings (SSSR count). The zero-order valence-corrected chi connectivity index (χ0v) is 25.5. The summed E-state index contributed by atoms with van der Waals surface area (Å²) in [7, 11) is 0. The highest BCUT2D eigenvalue weighted by atomic mass is 19.1. The van der Waals surface area contributed by atoms with Gasteiger partial charge in [0.1, 0.15) is 23.7 Å². The Morgan fingerprint density at radius 1 is 1.05 bits per heavy atom. The summed E-state index contributed by atoms with van der Waals surface area (Å²) >= 11 is 0. The van der Waals surface area contributed by atoms with E-state index in [1.54, 1.807) is 30.3 Å². The Morgan fingerprint density at radius 3 is 2.57 bits per heavy atom. The Labute approximate surface area is 257 Å². The topological polar surface area (TPSA) is 135 Å². The summed E-state index contributed by atoms with van der Waals surface area (Å²) in [5.74, 6) is -1.50. The van der Waals surface area contributed by atoms with E-state index in [4.69, 9.17) is 9.47 Å². The maximum atomic E-state index is 14.2. The molecular formula is C33H43FN4O6. The van der Waals surface area contributed by atoms with E-state index in [0.29, 0.717) is 51.2 Å². The second-order valence-electron chi connectivity index (χ2n) is 11.9. The summed E-state index contributed by atoms with van der Waals surface area (Å²) in [5.41, 5.74) is 0.472. The van der Waals surface area contributed by atoms with E-state index >= 15 is 0 Å². The third kappa shape index (κ3) is 9.01. The Morgan fingerprint density at radius 2 is 1.82 bits per heavy atom. The van der Waals surface area contributed by atoms with Crippen molar-refractivity contribution in [3.63, 3.8) is 0 Å². The van der Waals surface area contributed by atoms with Crippen molar-refractivity contribution in [2.24, 2.45) is 5.92 Å². The molecule has 4 N–H and O–H groups in total. The molecule has 4 amide bonds. The number of hydrogen-bond donors (Lipinski definition) is 4. The molecule has 2 aliphatic heterocycles. The minimum absolute atomic E-state index is 0.00146. The van der Waals surface area contributed by atoms with Gasteiger partial charge in [0.15, 0.2) is 0 Å². The second kappa shape index (κ2) is 15.7. The van der Waals surface area contributed by atoms with Gasteiger partial charge in [-0.3, -0.25) is 19.2 Å². The molecule has 2 heterocycles. The molecule has 2 aliphatic rings. The zero-order valence-electron chi connectivity index (χ0n) is 25.5. The number of para-hydroxylation sites is 1. The molecule has 0 saturated carbocycles. The van der Waals surface area contributed by atoms with E-state index in [0.717, 1.165) is 5.56 Å². The Bertz CT molecular complexity index is 1310. The van der Waals surface area contributed by atoms with Gasteiger partial charge in [-0.05, 0) is 67.9 Å². The van der Waals surface area contributed by atoms with Crippen molar-refractivity contribution in [3.05, 3.63) is 65.5 Å².